The van der Waals surface area contributed by atoms with Crippen molar-refractivity contribution in [2.24, 2.45) is 0 Å². The van der Waals surface area contributed by atoms with Crippen LogP contribution < -0.4 is 9.47 Å². The van der Waals surface area contributed by atoms with Gasteiger partial charge in [0.15, 0.2) is 17.3 Å². The molecule has 0 fully saturated rings. The summed E-state index contributed by atoms with van der Waals surface area (Å²) in [5.74, 6) is 3.86. The first kappa shape index (κ1) is 25.7. The number of hydrogen-bond donors (Lipinski definition) is 0. The molecule has 3 heterocycles. The van der Waals surface area contributed by atoms with Gasteiger partial charge in [0.05, 0.1) is 13.2 Å². The van der Waals surface area contributed by atoms with Crippen LogP contribution in [0.3, 0.4) is 0 Å². The molecule has 0 unspecified atom stereocenters. The Hall–Kier alpha value is -3.94. The molecule has 3 aromatic heterocycles. The molecule has 0 aliphatic heterocycles. The van der Waals surface area contributed by atoms with Crippen molar-refractivity contribution in [3.05, 3.63) is 60.8 Å². The minimum Gasteiger partial charge on any atom is -0.494 e. The molecule has 0 saturated carbocycles. The Morgan fingerprint density at radius 3 is 1.71 bits per heavy atom. The summed E-state index contributed by atoms with van der Waals surface area (Å²) in [7, 11) is 0. The molecule has 0 N–H and O–H groups in total. The first-order valence-corrected chi connectivity index (χ1v) is 13.8. The number of unbranched alkanes of at least 4 members (excludes halogenated alkanes) is 6. The standard InChI is InChI=1S/C30H36N6O2/c1-3-5-7-9-21-37-25-15-11-23(12-16-25)28-32-34-30-35(28)20-19-27-31-33-29(36(27)30)24-13-17-26(18-14-24)38-22-10-8-6-4-2/h11-20H,3-10,21-22H2,1-2H3. The Morgan fingerprint density at radius 2 is 1.13 bits per heavy atom. The minimum atomic E-state index is 0.657. The van der Waals surface area contributed by atoms with E-state index in [0.29, 0.717) is 11.6 Å². The molecule has 8 heteroatoms. The fraction of sp³-hybridized carbons (Fsp3) is 0.400. The van der Waals surface area contributed by atoms with E-state index >= 15 is 0 Å². The quantitative estimate of drug-likeness (QED) is 0.149. The first-order chi connectivity index (χ1) is 18.8. The van der Waals surface area contributed by atoms with Crippen molar-refractivity contribution in [2.75, 3.05) is 13.2 Å². The number of fused-ring (bicyclic) bond motifs is 3. The number of nitrogens with zero attached hydrogens (tertiary/aromatic N) is 6. The molecule has 198 valence electrons. The minimum absolute atomic E-state index is 0.657. The predicted octanol–water partition coefficient (Wildman–Crippen LogP) is 7.02. The lowest BCUT2D eigenvalue weighted by Crippen LogP contribution is -1.99. The second kappa shape index (κ2) is 12.5. The molecule has 0 spiro atoms. The molecular weight excluding hydrogens is 476 g/mol. The highest BCUT2D eigenvalue weighted by Crippen LogP contribution is 2.26. The van der Waals surface area contributed by atoms with Crippen LogP contribution in [-0.2, 0) is 0 Å². The van der Waals surface area contributed by atoms with E-state index in [1.807, 2.05) is 69.6 Å². The maximum Gasteiger partial charge on any atom is 0.243 e. The summed E-state index contributed by atoms with van der Waals surface area (Å²) in [4.78, 5) is 0. The summed E-state index contributed by atoms with van der Waals surface area (Å²) in [5.41, 5.74) is 2.62. The molecule has 0 radical (unpaired) electrons. The maximum atomic E-state index is 5.90. The Labute approximate surface area is 223 Å². The van der Waals surface area contributed by atoms with E-state index < -0.39 is 0 Å². The third kappa shape index (κ3) is 5.79. The van der Waals surface area contributed by atoms with Crippen molar-refractivity contribution in [3.63, 3.8) is 0 Å². The van der Waals surface area contributed by atoms with Crippen molar-refractivity contribution in [2.45, 2.75) is 65.2 Å². The summed E-state index contributed by atoms with van der Waals surface area (Å²) < 4.78 is 15.7. The summed E-state index contributed by atoms with van der Waals surface area (Å²) >= 11 is 0. The molecule has 0 amide bonds. The summed E-state index contributed by atoms with van der Waals surface area (Å²) in [6.07, 6.45) is 11.5. The second-order valence-electron chi connectivity index (χ2n) is 9.59. The van der Waals surface area contributed by atoms with Crippen LogP contribution in [0.15, 0.2) is 60.8 Å². The average molecular weight is 513 g/mol. The van der Waals surface area contributed by atoms with Crippen LogP contribution >= 0.6 is 0 Å². The van der Waals surface area contributed by atoms with Gasteiger partial charge in [-0.2, -0.15) is 0 Å². The zero-order valence-corrected chi connectivity index (χ0v) is 22.3. The van der Waals surface area contributed by atoms with Gasteiger partial charge in [-0.15, -0.1) is 20.4 Å². The monoisotopic (exact) mass is 512 g/mol. The number of rotatable bonds is 14. The lowest BCUT2D eigenvalue weighted by molar-refractivity contribution is 0.305. The molecule has 0 saturated heterocycles. The molecular formula is C30H36N6O2. The first-order valence-electron chi connectivity index (χ1n) is 13.8. The summed E-state index contributed by atoms with van der Waals surface area (Å²) in [6.45, 7) is 5.91. The van der Waals surface area contributed by atoms with E-state index in [2.05, 4.69) is 34.2 Å². The van der Waals surface area contributed by atoms with E-state index in [1.165, 1.54) is 38.5 Å². The third-order valence-corrected chi connectivity index (χ3v) is 6.70. The van der Waals surface area contributed by atoms with Crippen molar-refractivity contribution < 1.29 is 9.47 Å². The van der Waals surface area contributed by atoms with Crippen molar-refractivity contribution in [1.29, 1.82) is 0 Å². The highest BCUT2D eigenvalue weighted by Gasteiger charge is 2.16. The van der Waals surface area contributed by atoms with Gasteiger partial charge in [-0.05, 0) is 61.4 Å². The Balaban J connectivity index is 1.33. The predicted molar refractivity (Wildman–Crippen MR) is 150 cm³/mol. The fourth-order valence-corrected chi connectivity index (χ4v) is 4.54. The number of ether oxygens (including phenoxy) is 2. The zero-order chi connectivity index (χ0) is 26.2. The van der Waals surface area contributed by atoms with Crippen molar-refractivity contribution in [1.82, 2.24) is 29.2 Å². The van der Waals surface area contributed by atoms with Crippen LogP contribution in [-0.4, -0.2) is 42.4 Å². The number of hydrogen-bond acceptors (Lipinski definition) is 6. The lowest BCUT2D eigenvalue weighted by atomic mass is 10.2. The van der Waals surface area contributed by atoms with E-state index in [0.717, 1.165) is 60.2 Å². The van der Waals surface area contributed by atoms with Gasteiger partial charge in [-0.25, -0.2) is 4.40 Å². The number of aromatic nitrogens is 6. The van der Waals surface area contributed by atoms with Gasteiger partial charge in [0.2, 0.25) is 5.78 Å². The largest absolute Gasteiger partial charge is 0.494 e. The van der Waals surface area contributed by atoms with Gasteiger partial charge in [0, 0.05) is 23.4 Å². The molecule has 0 aliphatic carbocycles. The topological polar surface area (TPSA) is 78.8 Å². The summed E-state index contributed by atoms with van der Waals surface area (Å²) in [6, 6.07) is 18.0. The molecule has 0 bridgehead atoms. The molecule has 2 aromatic carbocycles. The van der Waals surface area contributed by atoms with Crippen molar-refractivity contribution >= 4 is 11.4 Å². The smallest absolute Gasteiger partial charge is 0.243 e. The van der Waals surface area contributed by atoms with E-state index in [9.17, 15) is 0 Å². The average Bonchev–Trinajstić information content (AvgIpc) is 3.58. The maximum absolute atomic E-state index is 5.90. The van der Waals surface area contributed by atoms with Crippen LogP contribution in [0.1, 0.15) is 65.2 Å². The fourth-order valence-electron chi connectivity index (χ4n) is 4.54. The van der Waals surface area contributed by atoms with Gasteiger partial charge in [-0.3, -0.25) is 4.40 Å². The molecule has 38 heavy (non-hydrogen) atoms. The zero-order valence-electron chi connectivity index (χ0n) is 22.3. The van der Waals surface area contributed by atoms with Crippen LogP contribution in [0.4, 0.5) is 0 Å². The summed E-state index contributed by atoms with van der Waals surface area (Å²) in [5, 5.41) is 17.8. The van der Waals surface area contributed by atoms with Gasteiger partial charge in [0.1, 0.15) is 11.5 Å². The Kier molecular flexibility index (Phi) is 8.48. The van der Waals surface area contributed by atoms with Crippen LogP contribution in [0.25, 0.3) is 34.2 Å². The number of benzene rings is 2. The third-order valence-electron chi connectivity index (χ3n) is 6.70. The molecule has 8 nitrogen and oxygen atoms in total. The molecule has 0 atom stereocenters. The molecule has 5 rings (SSSR count). The van der Waals surface area contributed by atoms with E-state index in [4.69, 9.17) is 9.47 Å². The Morgan fingerprint density at radius 1 is 0.579 bits per heavy atom. The van der Waals surface area contributed by atoms with Crippen molar-refractivity contribution in [3.8, 4) is 34.3 Å². The van der Waals surface area contributed by atoms with Gasteiger partial charge in [-0.1, -0.05) is 52.4 Å². The lowest BCUT2D eigenvalue weighted by Gasteiger charge is -2.08. The van der Waals surface area contributed by atoms with Crippen LogP contribution in [0.5, 0.6) is 11.5 Å². The van der Waals surface area contributed by atoms with E-state index in [-0.39, 0.29) is 0 Å². The van der Waals surface area contributed by atoms with Gasteiger partial charge < -0.3 is 9.47 Å². The Bertz CT molecular complexity index is 1440. The highest BCUT2D eigenvalue weighted by molar-refractivity contribution is 5.66. The SMILES string of the molecule is CCCCCCOc1ccc(-c2nnc3n2ccc2nnc(-c4ccc(OCCCCCC)cc4)n23)cc1. The van der Waals surface area contributed by atoms with Gasteiger partial charge in [0.25, 0.3) is 0 Å². The highest BCUT2D eigenvalue weighted by atomic mass is 16.5. The molecule has 5 aromatic rings. The van der Waals surface area contributed by atoms with Gasteiger partial charge >= 0.3 is 0 Å². The molecule has 0 aliphatic rings. The van der Waals surface area contributed by atoms with Crippen LogP contribution in [0.2, 0.25) is 0 Å². The normalized spacial score (nSPS) is 11.4. The van der Waals surface area contributed by atoms with E-state index in [1.54, 1.807) is 0 Å². The van der Waals surface area contributed by atoms with Crippen LogP contribution in [0, 0.1) is 0 Å². The second-order valence-corrected chi connectivity index (χ2v) is 9.59.